The zero-order valence-corrected chi connectivity index (χ0v) is 13.8. The summed E-state index contributed by atoms with van der Waals surface area (Å²) in [7, 11) is 0. The second-order valence-corrected chi connectivity index (χ2v) is 6.43. The molecule has 0 saturated heterocycles. The smallest absolute Gasteiger partial charge is 0.116 e. The van der Waals surface area contributed by atoms with E-state index in [0.29, 0.717) is 0 Å². The first-order chi connectivity index (χ1) is 9.27. The van der Waals surface area contributed by atoms with Gasteiger partial charge in [0.15, 0.2) is 0 Å². The Bertz CT molecular complexity index is 541. The third-order valence-corrected chi connectivity index (χ3v) is 5.90. The molecule has 2 aromatic rings. The van der Waals surface area contributed by atoms with Crippen LogP contribution in [0.1, 0.15) is 23.3 Å². The first kappa shape index (κ1) is 13.3. The van der Waals surface area contributed by atoms with E-state index in [0.717, 1.165) is 4.48 Å². The normalized spacial score (nSPS) is 22.8. The van der Waals surface area contributed by atoms with E-state index in [4.69, 9.17) is 4.74 Å². The molecule has 1 nitrogen and oxygen atoms in total. The molecule has 0 saturated carbocycles. The molecule has 0 amide bonds. The molecule has 0 fully saturated rings. The predicted octanol–water partition coefficient (Wildman–Crippen LogP) is 5.54. The van der Waals surface area contributed by atoms with Crippen LogP contribution in [0, 0.1) is 0 Å². The highest BCUT2D eigenvalue weighted by atomic mass is 127. The van der Waals surface area contributed by atoms with E-state index in [9.17, 15) is 0 Å². The number of ether oxygens (including phenoxy) is 1. The molecule has 0 bridgehead atoms. The van der Waals surface area contributed by atoms with E-state index in [1.54, 1.807) is 0 Å². The van der Waals surface area contributed by atoms with E-state index >= 15 is 0 Å². The SMILES string of the molecule is BrC1=C(I)C(c2ccccc2)OC1c1ccccc1. The van der Waals surface area contributed by atoms with Crippen LogP contribution >= 0.6 is 38.5 Å². The maximum absolute atomic E-state index is 6.23. The quantitative estimate of drug-likeness (QED) is 0.572. The molecule has 96 valence electrons. The lowest BCUT2D eigenvalue weighted by atomic mass is 10.1. The fraction of sp³-hybridized carbons (Fsp3) is 0.125. The van der Waals surface area contributed by atoms with Gasteiger partial charge in [0, 0.05) is 8.06 Å². The number of hydrogen-bond donors (Lipinski definition) is 0. The van der Waals surface area contributed by atoms with E-state index in [2.05, 4.69) is 62.8 Å². The Morgan fingerprint density at radius 3 is 1.79 bits per heavy atom. The van der Waals surface area contributed by atoms with Crippen molar-refractivity contribution < 1.29 is 4.74 Å². The van der Waals surface area contributed by atoms with Gasteiger partial charge in [-0.1, -0.05) is 76.6 Å². The Morgan fingerprint density at radius 1 is 0.789 bits per heavy atom. The zero-order chi connectivity index (χ0) is 13.2. The molecule has 1 aliphatic heterocycles. The summed E-state index contributed by atoms with van der Waals surface area (Å²) >= 11 is 6.06. The molecule has 0 spiro atoms. The highest BCUT2D eigenvalue weighted by Crippen LogP contribution is 2.50. The highest BCUT2D eigenvalue weighted by molar-refractivity contribution is 14.1. The van der Waals surface area contributed by atoms with Crippen LogP contribution in [-0.2, 0) is 4.74 Å². The topological polar surface area (TPSA) is 9.23 Å². The number of benzene rings is 2. The predicted molar refractivity (Wildman–Crippen MR) is 89.4 cm³/mol. The minimum atomic E-state index is -0.00157. The molecule has 3 rings (SSSR count). The Balaban J connectivity index is 1.94. The second-order valence-electron chi connectivity index (χ2n) is 4.41. The van der Waals surface area contributed by atoms with Crippen molar-refractivity contribution in [3.05, 3.63) is 79.9 Å². The van der Waals surface area contributed by atoms with Crippen molar-refractivity contribution in [3.63, 3.8) is 0 Å². The Labute approximate surface area is 134 Å². The van der Waals surface area contributed by atoms with Crippen molar-refractivity contribution in [2.75, 3.05) is 0 Å². The maximum atomic E-state index is 6.23. The first-order valence-corrected chi connectivity index (χ1v) is 7.95. The molecule has 2 atom stereocenters. The summed E-state index contributed by atoms with van der Waals surface area (Å²) in [6.45, 7) is 0. The summed E-state index contributed by atoms with van der Waals surface area (Å²) in [6.07, 6.45) is 0.0275. The molecule has 1 heterocycles. The Kier molecular flexibility index (Phi) is 4.05. The fourth-order valence-corrected chi connectivity index (χ4v) is 3.58. The van der Waals surface area contributed by atoms with Gasteiger partial charge in [0.25, 0.3) is 0 Å². The van der Waals surface area contributed by atoms with Crippen molar-refractivity contribution in [2.24, 2.45) is 0 Å². The Morgan fingerprint density at radius 2 is 1.26 bits per heavy atom. The lowest BCUT2D eigenvalue weighted by Gasteiger charge is -2.16. The average molecular weight is 427 g/mol. The molecule has 2 aromatic carbocycles. The van der Waals surface area contributed by atoms with Crippen LogP contribution in [0.15, 0.2) is 68.7 Å². The number of halogens is 2. The van der Waals surface area contributed by atoms with Gasteiger partial charge >= 0.3 is 0 Å². The minimum Gasteiger partial charge on any atom is -0.355 e. The van der Waals surface area contributed by atoms with Gasteiger partial charge in [-0.25, -0.2) is 0 Å². The zero-order valence-electron chi connectivity index (χ0n) is 10.1. The number of rotatable bonds is 2. The summed E-state index contributed by atoms with van der Waals surface area (Å²) in [5.41, 5.74) is 2.38. The summed E-state index contributed by atoms with van der Waals surface area (Å²) in [4.78, 5) is 0. The molecule has 2 unspecified atom stereocenters. The van der Waals surface area contributed by atoms with Crippen LogP contribution in [0.3, 0.4) is 0 Å². The van der Waals surface area contributed by atoms with Crippen molar-refractivity contribution in [1.82, 2.24) is 0 Å². The molecule has 0 N–H and O–H groups in total. The van der Waals surface area contributed by atoms with Gasteiger partial charge < -0.3 is 4.74 Å². The highest BCUT2D eigenvalue weighted by Gasteiger charge is 2.33. The van der Waals surface area contributed by atoms with E-state index in [1.807, 2.05) is 36.4 Å². The first-order valence-electron chi connectivity index (χ1n) is 6.08. The summed E-state index contributed by atoms with van der Waals surface area (Å²) < 4.78 is 8.58. The van der Waals surface area contributed by atoms with Crippen molar-refractivity contribution in [2.45, 2.75) is 12.2 Å². The molecule has 3 heteroatoms. The Hall–Kier alpha value is -0.650. The molecule has 19 heavy (non-hydrogen) atoms. The molecule has 0 aliphatic carbocycles. The summed E-state index contributed by atoms with van der Waals surface area (Å²) in [5, 5.41) is 0. The van der Waals surface area contributed by atoms with Gasteiger partial charge in [-0.05, 0) is 33.7 Å². The van der Waals surface area contributed by atoms with Gasteiger partial charge in [-0.3, -0.25) is 0 Å². The van der Waals surface area contributed by atoms with Gasteiger partial charge in [-0.15, -0.1) is 0 Å². The van der Waals surface area contributed by atoms with E-state index in [1.165, 1.54) is 14.7 Å². The summed E-state index contributed by atoms with van der Waals surface area (Å²) in [6, 6.07) is 20.6. The third-order valence-electron chi connectivity index (χ3n) is 3.17. The van der Waals surface area contributed by atoms with Crippen molar-refractivity contribution in [3.8, 4) is 0 Å². The third kappa shape index (κ3) is 2.64. The van der Waals surface area contributed by atoms with Gasteiger partial charge in [-0.2, -0.15) is 0 Å². The van der Waals surface area contributed by atoms with Crippen LogP contribution in [0.5, 0.6) is 0 Å². The monoisotopic (exact) mass is 426 g/mol. The van der Waals surface area contributed by atoms with Crippen LogP contribution < -0.4 is 0 Å². The molecule has 1 aliphatic rings. The van der Waals surface area contributed by atoms with Crippen LogP contribution in [0.4, 0.5) is 0 Å². The largest absolute Gasteiger partial charge is 0.355 e. The minimum absolute atomic E-state index is 0.00157. The standard InChI is InChI=1S/C16H12BrIO/c17-13-14(18)16(12-9-5-2-6-10-12)19-15(13)11-7-3-1-4-8-11/h1-10,15-16H. The number of hydrogen-bond acceptors (Lipinski definition) is 1. The van der Waals surface area contributed by atoms with Gasteiger partial charge in [0.1, 0.15) is 12.2 Å². The average Bonchev–Trinajstić information content (AvgIpc) is 2.77. The molecular weight excluding hydrogens is 415 g/mol. The molecule has 0 aromatic heterocycles. The maximum Gasteiger partial charge on any atom is 0.116 e. The fourth-order valence-electron chi connectivity index (χ4n) is 2.21. The lowest BCUT2D eigenvalue weighted by molar-refractivity contribution is 0.0585. The van der Waals surface area contributed by atoms with Crippen LogP contribution in [0.2, 0.25) is 0 Å². The summed E-state index contributed by atoms with van der Waals surface area (Å²) in [5.74, 6) is 0. The van der Waals surface area contributed by atoms with E-state index in [-0.39, 0.29) is 12.2 Å². The van der Waals surface area contributed by atoms with Gasteiger partial charge in [0.2, 0.25) is 0 Å². The second kappa shape index (κ2) is 5.77. The van der Waals surface area contributed by atoms with E-state index < -0.39 is 0 Å². The molecule has 0 radical (unpaired) electrons. The lowest BCUT2D eigenvalue weighted by Crippen LogP contribution is -2.02. The van der Waals surface area contributed by atoms with Crippen molar-refractivity contribution in [1.29, 1.82) is 0 Å². The van der Waals surface area contributed by atoms with Crippen molar-refractivity contribution >= 4 is 38.5 Å². The van der Waals surface area contributed by atoms with Crippen LogP contribution in [-0.4, -0.2) is 0 Å². The van der Waals surface area contributed by atoms with Crippen LogP contribution in [0.25, 0.3) is 0 Å². The molecular formula is C16H12BrIO. The van der Waals surface area contributed by atoms with Gasteiger partial charge in [0.05, 0.1) is 0 Å².